The molecule has 1 heterocycles. The van der Waals surface area contributed by atoms with Crippen molar-refractivity contribution < 1.29 is 8.42 Å². The van der Waals surface area contributed by atoms with Gasteiger partial charge in [-0.25, -0.2) is 13.6 Å². The van der Waals surface area contributed by atoms with Crippen LogP contribution in [0.5, 0.6) is 0 Å². The van der Waals surface area contributed by atoms with E-state index in [4.69, 9.17) is 5.14 Å². The summed E-state index contributed by atoms with van der Waals surface area (Å²) in [5.41, 5.74) is 0.227. The molecule has 0 bridgehead atoms. The van der Waals surface area contributed by atoms with Crippen molar-refractivity contribution in [1.29, 1.82) is 0 Å². The van der Waals surface area contributed by atoms with Crippen molar-refractivity contribution >= 4 is 10.0 Å². The van der Waals surface area contributed by atoms with Crippen molar-refractivity contribution in [3.63, 3.8) is 0 Å². The molecule has 15 heavy (non-hydrogen) atoms. The lowest BCUT2D eigenvalue weighted by molar-refractivity contribution is 0.160. The Balaban J connectivity index is 2.10. The molecule has 1 aliphatic heterocycles. The molecule has 0 radical (unpaired) electrons. The van der Waals surface area contributed by atoms with E-state index in [1.54, 1.807) is 0 Å². The maximum absolute atomic E-state index is 11.2. The zero-order chi connectivity index (χ0) is 10.9. The second-order valence-electron chi connectivity index (χ2n) is 5.08. The van der Waals surface area contributed by atoms with E-state index in [1.807, 2.05) is 0 Å². The van der Waals surface area contributed by atoms with Crippen LogP contribution in [0.4, 0.5) is 0 Å². The monoisotopic (exact) mass is 232 g/mol. The number of rotatable bonds is 2. The van der Waals surface area contributed by atoms with E-state index in [-0.39, 0.29) is 17.1 Å². The van der Waals surface area contributed by atoms with Crippen molar-refractivity contribution in [2.24, 2.45) is 16.5 Å². The average molecular weight is 232 g/mol. The molecule has 2 rings (SSSR count). The predicted molar refractivity (Wildman–Crippen MR) is 59.9 cm³/mol. The largest absolute Gasteiger partial charge is 0.316 e. The van der Waals surface area contributed by atoms with Crippen molar-refractivity contribution in [3.8, 4) is 0 Å². The van der Waals surface area contributed by atoms with Crippen molar-refractivity contribution in [2.45, 2.75) is 32.1 Å². The smallest absolute Gasteiger partial charge is 0.209 e. The second kappa shape index (κ2) is 4.03. The Morgan fingerprint density at radius 2 is 1.93 bits per heavy atom. The SMILES string of the molecule is NS(=O)(=O)CC1CNCC12CCCCC2. The Morgan fingerprint density at radius 3 is 2.53 bits per heavy atom. The number of hydrogen-bond acceptors (Lipinski definition) is 3. The van der Waals surface area contributed by atoms with Gasteiger partial charge in [-0.15, -0.1) is 0 Å². The van der Waals surface area contributed by atoms with Crippen LogP contribution in [0.1, 0.15) is 32.1 Å². The predicted octanol–water partition coefficient (Wildman–Crippen LogP) is 0.445. The van der Waals surface area contributed by atoms with E-state index in [0.29, 0.717) is 0 Å². The van der Waals surface area contributed by atoms with Crippen molar-refractivity contribution in [1.82, 2.24) is 5.32 Å². The van der Waals surface area contributed by atoms with E-state index in [2.05, 4.69) is 5.32 Å². The van der Waals surface area contributed by atoms with Crippen LogP contribution < -0.4 is 10.5 Å². The van der Waals surface area contributed by atoms with Gasteiger partial charge in [0.25, 0.3) is 0 Å². The minimum atomic E-state index is -3.32. The number of sulfonamides is 1. The quantitative estimate of drug-likeness (QED) is 0.726. The van der Waals surface area contributed by atoms with Gasteiger partial charge in [-0.2, -0.15) is 0 Å². The molecule has 2 fully saturated rings. The maximum Gasteiger partial charge on any atom is 0.209 e. The standard InChI is InChI=1S/C10H20N2O2S/c11-15(13,14)7-9-6-12-8-10(9)4-2-1-3-5-10/h9,12H,1-8H2,(H2,11,13,14). The third-order valence-electron chi connectivity index (χ3n) is 4.02. The first-order chi connectivity index (χ1) is 7.02. The van der Waals surface area contributed by atoms with Gasteiger partial charge in [0.1, 0.15) is 0 Å². The molecule has 1 saturated heterocycles. The molecule has 0 aromatic rings. The highest BCUT2D eigenvalue weighted by Gasteiger charge is 2.44. The molecule has 88 valence electrons. The molecular formula is C10H20N2O2S. The fourth-order valence-corrected chi connectivity index (χ4v) is 4.25. The van der Waals surface area contributed by atoms with Gasteiger partial charge in [0.05, 0.1) is 5.75 Å². The van der Waals surface area contributed by atoms with E-state index in [1.165, 1.54) is 32.1 Å². The first kappa shape index (κ1) is 11.4. The zero-order valence-corrected chi connectivity index (χ0v) is 9.85. The van der Waals surface area contributed by atoms with Gasteiger partial charge in [-0.05, 0) is 30.7 Å². The van der Waals surface area contributed by atoms with E-state index in [9.17, 15) is 8.42 Å². The Bertz CT molecular complexity index is 320. The average Bonchev–Trinajstić information content (AvgIpc) is 2.48. The summed E-state index contributed by atoms with van der Waals surface area (Å²) in [6.07, 6.45) is 6.11. The van der Waals surface area contributed by atoms with Gasteiger partial charge in [0.15, 0.2) is 0 Å². The van der Waals surface area contributed by atoms with Crippen LogP contribution in [-0.2, 0) is 10.0 Å². The van der Waals surface area contributed by atoms with Gasteiger partial charge in [0.2, 0.25) is 10.0 Å². The highest BCUT2D eigenvalue weighted by atomic mass is 32.2. The lowest BCUT2D eigenvalue weighted by atomic mass is 9.68. The molecule has 0 aromatic carbocycles. The molecule has 0 amide bonds. The van der Waals surface area contributed by atoms with E-state index >= 15 is 0 Å². The van der Waals surface area contributed by atoms with E-state index < -0.39 is 10.0 Å². The Morgan fingerprint density at radius 1 is 1.27 bits per heavy atom. The highest BCUT2D eigenvalue weighted by molar-refractivity contribution is 7.89. The normalized spacial score (nSPS) is 30.9. The number of primary sulfonamides is 1. The summed E-state index contributed by atoms with van der Waals surface area (Å²) in [5, 5.41) is 8.49. The first-order valence-corrected chi connectivity index (χ1v) is 7.45. The number of nitrogens with two attached hydrogens (primary N) is 1. The van der Waals surface area contributed by atoms with Crippen LogP contribution in [0.3, 0.4) is 0 Å². The molecule has 1 spiro atoms. The van der Waals surface area contributed by atoms with Gasteiger partial charge in [-0.3, -0.25) is 0 Å². The summed E-state index contributed by atoms with van der Waals surface area (Å²) >= 11 is 0. The molecule has 1 unspecified atom stereocenters. The molecule has 1 saturated carbocycles. The van der Waals surface area contributed by atoms with Crippen LogP contribution in [-0.4, -0.2) is 27.3 Å². The van der Waals surface area contributed by atoms with Gasteiger partial charge in [-0.1, -0.05) is 19.3 Å². The summed E-state index contributed by atoms with van der Waals surface area (Å²) < 4.78 is 22.3. The molecule has 0 aromatic heterocycles. The molecule has 4 nitrogen and oxygen atoms in total. The summed E-state index contributed by atoms with van der Waals surface area (Å²) in [6, 6.07) is 0. The Hall–Kier alpha value is -0.130. The molecular weight excluding hydrogens is 212 g/mol. The van der Waals surface area contributed by atoms with Crippen molar-refractivity contribution in [2.75, 3.05) is 18.8 Å². The van der Waals surface area contributed by atoms with Gasteiger partial charge < -0.3 is 5.32 Å². The van der Waals surface area contributed by atoms with Gasteiger partial charge >= 0.3 is 0 Å². The summed E-state index contributed by atoms with van der Waals surface area (Å²) in [7, 11) is -3.32. The molecule has 5 heteroatoms. The Labute approximate surface area is 91.7 Å². The Kier molecular flexibility index (Phi) is 3.05. The summed E-state index contributed by atoms with van der Waals surface area (Å²) in [5.74, 6) is 0.382. The van der Waals surface area contributed by atoms with Gasteiger partial charge in [0, 0.05) is 6.54 Å². The maximum atomic E-state index is 11.2. The molecule has 3 N–H and O–H groups in total. The molecule has 1 atom stereocenters. The fraction of sp³-hybridized carbons (Fsp3) is 1.00. The minimum absolute atomic E-state index is 0.153. The van der Waals surface area contributed by atoms with Crippen molar-refractivity contribution in [3.05, 3.63) is 0 Å². The number of hydrogen-bond donors (Lipinski definition) is 2. The highest BCUT2D eigenvalue weighted by Crippen LogP contribution is 2.44. The topological polar surface area (TPSA) is 72.2 Å². The summed E-state index contributed by atoms with van der Waals surface area (Å²) in [4.78, 5) is 0. The van der Waals surface area contributed by atoms with E-state index in [0.717, 1.165) is 13.1 Å². The lowest BCUT2D eigenvalue weighted by Gasteiger charge is -2.37. The molecule has 1 aliphatic carbocycles. The fourth-order valence-electron chi connectivity index (χ4n) is 3.21. The second-order valence-corrected chi connectivity index (χ2v) is 6.74. The van der Waals surface area contributed by atoms with Crippen LogP contribution >= 0.6 is 0 Å². The lowest BCUT2D eigenvalue weighted by Crippen LogP contribution is -2.37. The number of nitrogens with one attached hydrogen (secondary N) is 1. The molecule has 2 aliphatic rings. The third kappa shape index (κ3) is 2.52. The van der Waals surface area contributed by atoms with Crippen LogP contribution in [0, 0.1) is 11.3 Å². The first-order valence-electron chi connectivity index (χ1n) is 5.73. The van der Waals surface area contributed by atoms with Crippen LogP contribution in [0.15, 0.2) is 0 Å². The van der Waals surface area contributed by atoms with Crippen LogP contribution in [0.2, 0.25) is 0 Å². The summed E-state index contributed by atoms with van der Waals surface area (Å²) in [6.45, 7) is 1.80. The zero-order valence-electron chi connectivity index (χ0n) is 9.04. The van der Waals surface area contributed by atoms with Crippen LogP contribution in [0.25, 0.3) is 0 Å². The third-order valence-corrected chi connectivity index (χ3v) is 4.88. The minimum Gasteiger partial charge on any atom is -0.316 e.